The van der Waals surface area contributed by atoms with E-state index in [1.807, 2.05) is 0 Å². The number of rotatable bonds is 0. The molecule has 0 bridgehead atoms. The molecule has 12 heavy (non-hydrogen) atoms. The van der Waals surface area contributed by atoms with Gasteiger partial charge in [-0.25, -0.2) is 0 Å². The Hall–Kier alpha value is -1.37. The highest BCUT2D eigenvalue weighted by molar-refractivity contribution is 6.41. The predicted octanol–water partition coefficient (Wildman–Crippen LogP) is 0.556. The summed E-state index contributed by atoms with van der Waals surface area (Å²) < 4.78 is 0. The summed E-state index contributed by atoms with van der Waals surface area (Å²) in [4.78, 5) is 19.8. The number of amides is 1. The van der Waals surface area contributed by atoms with E-state index in [4.69, 9.17) is 6.57 Å². The van der Waals surface area contributed by atoms with E-state index in [1.165, 1.54) is 7.05 Å². The Kier molecular flexibility index (Phi) is 2.81. The van der Waals surface area contributed by atoms with E-state index in [9.17, 15) is 4.79 Å². The molecule has 64 valence electrons. The monoisotopic (exact) mass is 165 g/mol. The molecule has 0 N–H and O–H groups in total. The summed E-state index contributed by atoms with van der Waals surface area (Å²) in [6.45, 7) is 8.24. The smallest absolute Gasteiger partial charge is 0.329 e. The molecule has 1 amide bonds. The number of carbonyl (C=O) groups is 1. The van der Waals surface area contributed by atoms with Crippen LogP contribution < -0.4 is 0 Å². The van der Waals surface area contributed by atoms with Crippen LogP contribution in [-0.2, 0) is 4.79 Å². The minimum atomic E-state index is -0.218. The number of carbonyl (C=O) groups excluding carboxylic acids is 1. The van der Waals surface area contributed by atoms with Gasteiger partial charge in [-0.3, -0.25) is 4.79 Å². The van der Waals surface area contributed by atoms with Crippen molar-refractivity contribution in [2.45, 2.75) is 12.8 Å². The van der Waals surface area contributed by atoms with E-state index >= 15 is 0 Å². The minimum Gasteiger partial charge on any atom is -0.357 e. The second-order valence-corrected chi connectivity index (χ2v) is 2.66. The second-order valence-electron chi connectivity index (χ2n) is 2.66. The first-order valence-corrected chi connectivity index (χ1v) is 3.93. The average molecular weight is 165 g/mol. The van der Waals surface area contributed by atoms with Crippen LogP contribution in [0.2, 0.25) is 0 Å². The van der Waals surface area contributed by atoms with E-state index in [2.05, 4.69) is 9.84 Å². The van der Waals surface area contributed by atoms with Gasteiger partial charge in [-0.1, -0.05) is 6.57 Å². The summed E-state index contributed by atoms with van der Waals surface area (Å²) in [5.74, 6) is -0.220. The number of aliphatic imine (C=N–C) groups is 1. The van der Waals surface area contributed by atoms with Crippen molar-refractivity contribution in [2.24, 2.45) is 4.99 Å². The van der Waals surface area contributed by atoms with Crippen molar-refractivity contribution in [3.05, 3.63) is 11.4 Å². The lowest BCUT2D eigenvalue weighted by molar-refractivity contribution is -0.123. The maximum Gasteiger partial charge on any atom is 0.329 e. The molecule has 4 nitrogen and oxygen atoms in total. The first-order chi connectivity index (χ1) is 5.79. The Balaban J connectivity index is 2.64. The average Bonchev–Trinajstić information content (AvgIpc) is 2.58. The Morgan fingerprint density at radius 2 is 2.08 bits per heavy atom. The molecule has 0 atom stereocenters. The SMILES string of the molecule is [C-]#[N+]C(=NC)C(=O)N1CCCC1. The number of hydrogen-bond acceptors (Lipinski definition) is 2. The summed E-state index contributed by atoms with van der Waals surface area (Å²) in [7, 11) is 1.47. The van der Waals surface area contributed by atoms with E-state index in [0.29, 0.717) is 0 Å². The zero-order chi connectivity index (χ0) is 8.97. The van der Waals surface area contributed by atoms with Gasteiger partial charge in [-0.2, -0.15) is 4.99 Å². The van der Waals surface area contributed by atoms with E-state index in [0.717, 1.165) is 25.9 Å². The lowest BCUT2D eigenvalue weighted by Gasteiger charge is -2.13. The third-order valence-corrected chi connectivity index (χ3v) is 1.90. The third kappa shape index (κ3) is 1.62. The molecule has 0 aliphatic carbocycles. The van der Waals surface area contributed by atoms with E-state index < -0.39 is 0 Å². The molecule has 0 spiro atoms. The fourth-order valence-electron chi connectivity index (χ4n) is 1.26. The van der Waals surface area contributed by atoms with Crippen LogP contribution in [0.15, 0.2) is 4.99 Å². The van der Waals surface area contributed by atoms with Gasteiger partial charge < -0.3 is 9.74 Å². The maximum atomic E-state index is 11.4. The molecule has 1 saturated heterocycles. The molecular formula is C8H11N3O. The Morgan fingerprint density at radius 1 is 1.50 bits per heavy atom. The number of likely N-dealkylation sites (tertiary alicyclic amines) is 1. The van der Waals surface area contributed by atoms with Crippen molar-refractivity contribution in [1.82, 2.24) is 4.90 Å². The lowest BCUT2D eigenvalue weighted by Crippen LogP contribution is -2.32. The molecule has 1 aliphatic rings. The van der Waals surface area contributed by atoms with Gasteiger partial charge in [-0.05, 0) is 12.8 Å². The zero-order valence-corrected chi connectivity index (χ0v) is 7.08. The van der Waals surface area contributed by atoms with Crippen molar-refractivity contribution in [1.29, 1.82) is 0 Å². The fourth-order valence-corrected chi connectivity index (χ4v) is 1.26. The van der Waals surface area contributed by atoms with Crippen LogP contribution in [0.4, 0.5) is 0 Å². The Morgan fingerprint density at radius 3 is 2.50 bits per heavy atom. The number of nitrogens with zero attached hydrogens (tertiary/aromatic N) is 3. The molecule has 0 aromatic heterocycles. The zero-order valence-electron chi connectivity index (χ0n) is 7.08. The standard InChI is InChI=1S/C8H11N3O/c1-9-7(10-2)8(12)11-5-3-4-6-11/h3-6H2,1H3. The van der Waals surface area contributed by atoms with Gasteiger partial charge in [0, 0.05) is 13.1 Å². The lowest BCUT2D eigenvalue weighted by atomic mass is 10.4. The van der Waals surface area contributed by atoms with Crippen molar-refractivity contribution in [3.8, 4) is 0 Å². The van der Waals surface area contributed by atoms with Crippen LogP contribution in [0.1, 0.15) is 12.8 Å². The van der Waals surface area contributed by atoms with Gasteiger partial charge in [0.2, 0.25) is 0 Å². The van der Waals surface area contributed by atoms with E-state index in [1.54, 1.807) is 4.90 Å². The van der Waals surface area contributed by atoms with Gasteiger partial charge in [0.25, 0.3) is 5.91 Å². The van der Waals surface area contributed by atoms with Gasteiger partial charge >= 0.3 is 5.84 Å². The van der Waals surface area contributed by atoms with Crippen LogP contribution in [0.25, 0.3) is 4.85 Å². The summed E-state index contributed by atoms with van der Waals surface area (Å²) >= 11 is 0. The quantitative estimate of drug-likeness (QED) is 0.293. The highest BCUT2D eigenvalue weighted by Crippen LogP contribution is 2.08. The minimum absolute atomic E-state index is 0.00287. The molecule has 0 aromatic rings. The normalized spacial score (nSPS) is 17.7. The molecule has 4 heteroatoms. The fraction of sp³-hybridized carbons (Fsp3) is 0.625. The largest absolute Gasteiger partial charge is 0.357 e. The Bertz CT molecular complexity index is 246. The van der Waals surface area contributed by atoms with Gasteiger partial charge in [0.05, 0.1) is 0 Å². The van der Waals surface area contributed by atoms with Gasteiger partial charge in [0.15, 0.2) is 0 Å². The molecule has 0 saturated carbocycles. The van der Waals surface area contributed by atoms with Gasteiger partial charge in [0.1, 0.15) is 7.05 Å². The summed E-state index contributed by atoms with van der Waals surface area (Å²) in [6, 6.07) is 0. The van der Waals surface area contributed by atoms with Crippen molar-refractivity contribution in [2.75, 3.05) is 20.1 Å². The predicted molar refractivity (Wildman–Crippen MR) is 45.8 cm³/mol. The van der Waals surface area contributed by atoms with Crippen LogP contribution in [0.3, 0.4) is 0 Å². The van der Waals surface area contributed by atoms with Crippen LogP contribution in [0.5, 0.6) is 0 Å². The van der Waals surface area contributed by atoms with Crippen LogP contribution in [0, 0.1) is 6.57 Å². The summed E-state index contributed by atoms with van der Waals surface area (Å²) in [6.07, 6.45) is 2.08. The first-order valence-electron chi connectivity index (χ1n) is 3.93. The number of amidine groups is 1. The summed E-state index contributed by atoms with van der Waals surface area (Å²) in [5, 5.41) is 0. The van der Waals surface area contributed by atoms with Gasteiger partial charge in [-0.15, -0.1) is 0 Å². The maximum absolute atomic E-state index is 11.4. The number of hydrogen-bond donors (Lipinski definition) is 0. The summed E-state index contributed by atoms with van der Waals surface area (Å²) in [5.41, 5.74) is 0. The molecule has 0 radical (unpaired) electrons. The molecular weight excluding hydrogens is 154 g/mol. The second kappa shape index (κ2) is 3.86. The first kappa shape index (κ1) is 8.72. The van der Waals surface area contributed by atoms with Crippen LogP contribution >= 0.6 is 0 Å². The molecule has 1 aliphatic heterocycles. The van der Waals surface area contributed by atoms with Crippen molar-refractivity contribution < 1.29 is 4.79 Å². The molecule has 1 heterocycles. The molecule has 1 fully saturated rings. The van der Waals surface area contributed by atoms with E-state index in [-0.39, 0.29) is 11.7 Å². The molecule has 0 unspecified atom stereocenters. The van der Waals surface area contributed by atoms with Crippen LogP contribution in [-0.4, -0.2) is 36.8 Å². The van der Waals surface area contributed by atoms with Crippen molar-refractivity contribution in [3.63, 3.8) is 0 Å². The molecule has 1 rings (SSSR count). The van der Waals surface area contributed by atoms with Crippen molar-refractivity contribution >= 4 is 11.7 Å². The Labute approximate surface area is 71.7 Å². The third-order valence-electron chi connectivity index (χ3n) is 1.90. The topological polar surface area (TPSA) is 37.0 Å². The molecule has 0 aromatic carbocycles. The highest BCUT2D eigenvalue weighted by Gasteiger charge is 2.21. The highest BCUT2D eigenvalue weighted by atomic mass is 16.2.